The van der Waals surface area contributed by atoms with E-state index in [9.17, 15) is 27.9 Å². The second-order valence-electron chi connectivity index (χ2n) is 10.9. The predicted octanol–water partition coefficient (Wildman–Crippen LogP) is 6.41. The molecule has 3 N–H and O–H groups in total. The summed E-state index contributed by atoms with van der Waals surface area (Å²) in [5, 5.41) is 14.9. The van der Waals surface area contributed by atoms with Gasteiger partial charge in [0.1, 0.15) is 0 Å². The third kappa shape index (κ3) is 6.18. The summed E-state index contributed by atoms with van der Waals surface area (Å²) in [6.07, 6.45) is -0.384. The van der Waals surface area contributed by atoms with Crippen molar-refractivity contribution < 1.29 is 27.9 Å². The minimum atomic E-state index is -4.56. The van der Waals surface area contributed by atoms with E-state index in [0.717, 1.165) is 49.8 Å². The largest absolute Gasteiger partial charge is 0.416 e. The van der Waals surface area contributed by atoms with Gasteiger partial charge in [0.05, 0.1) is 16.6 Å². The average Bonchev–Trinajstić information content (AvgIpc) is 3.20. The Bertz CT molecular complexity index is 1320. The number of alkyl halides is 3. The molecule has 0 radical (unpaired) electrons. The van der Waals surface area contributed by atoms with Crippen LogP contribution in [0.5, 0.6) is 0 Å². The first-order chi connectivity index (χ1) is 17.9. The number of amides is 2. The topological polar surface area (TPSA) is 96.3 Å². The molecule has 2 amide bonds. The maximum atomic E-state index is 13.2. The standard InChI is InChI=1S/C28H33F3N4O3/c1-27(2,3)25(38)32-20-9-12-23-22(16-20)33-26(35(23)21-10-7-17(8-11-21)13-14-36)34-24(37)18-5-4-6-19(15-18)28(29,30)31/h4-6,9,12,15-17,21,36H,7-8,10-11,13-14H2,1-3H3,(H,32,38)(H,33,34,37). The third-order valence-electron chi connectivity index (χ3n) is 7.02. The normalized spacial score (nSPS) is 18.4. The number of benzene rings is 2. The van der Waals surface area contributed by atoms with Gasteiger partial charge in [0.15, 0.2) is 0 Å². The van der Waals surface area contributed by atoms with Gasteiger partial charge in [-0.3, -0.25) is 14.9 Å². The number of halogens is 3. The predicted molar refractivity (Wildman–Crippen MR) is 140 cm³/mol. The zero-order valence-corrected chi connectivity index (χ0v) is 21.7. The Morgan fingerprint density at radius 1 is 1.03 bits per heavy atom. The van der Waals surface area contributed by atoms with Crippen molar-refractivity contribution in [3.63, 3.8) is 0 Å². The second-order valence-corrected chi connectivity index (χ2v) is 10.9. The number of nitrogens with zero attached hydrogens (tertiary/aromatic N) is 2. The quantitative estimate of drug-likeness (QED) is 0.343. The van der Waals surface area contributed by atoms with E-state index < -0.39 is 23.1 Å². The number of imidazole rings is 1. The zero-order valence-electron chi connectivity index (χ0n) is 21.7. The Morgan fingerprint density at radius 2 is 1.74 bits per heavy atom. The van der Waals surface area contributed by atoms with Gasteiger partial charge in [-0.2, -0.15) is 13.2 Å². The van der Waals surface area contributed by atoms with Crippen molar-refractivity contribution in [3.8, 4) is 0 Å². The van der Waals surface area contributed by atoms with Crippen LogP contribution >= 0.6 is 0 Å². The number of carbonyl (C=O) groups is 2. The summed E-state index contributed by atoms with van der Waals surface area (Å²) in [6, 6.07) is 9.63. The number of fused-ring (bicyclic) bond motifs is 1. The first-order valence-corrected chi connectivity index (χ1v) is 12.8. The molecule has 0 saturated heterocycles. The summed E-state index contributed by atoms with van der Waals surface area (Å²) in [5.41, 5.74) is 0.246. The summed E-state index contributed by atoms with van der Waals surface area (Å²) in [7, 11) is 0. The fourth-order valence-corrected chi connectivity index (χ4v) is 4.84. The van der Waals surface area contributed by atoms with Crippen molar-refractivity contribution >= 4 is 34.5 Å². The van der Waals surface area contributed by atoms with E-state index in [1.807, 2.05) is 31.4 Å². The lowest BCUT2D eigenvalue weighted by Crippen LogP contribution is -2.27. The Balaban J connectivity index is 1.68. The molecule has 1 aliphatic rings. The number of carbonyl (C=O) groups excluding carboxylic acids is 2. The Kier molecular flexibility index (Phi) is 7.83. The van der Waals surface area contributed by atoms with Gasteiger partial charge >= 0.3 is 6.18 Å². The molecular formula is C28H33F3N4O3. The molecular weight excluding hydrogens is 497 g/mol. The molecule has 0 atom stereocenters. The fourth-order valence-electron chi connectivity index (χ4n) is 4.84. The smallest absolute Gasteiger partial charge is 0.396 e. The maximum absolute atomic E-state index is 13.2. The second kappa shape index (κ2) is 10.8. The fraction of sp³-hybridized carbons (Fsp3) is 0.464. The Labute approximate surface area is 219 Å². The first kappa shape index (κ1) is 27.6. The highest BCUT2D eigenvalue weighted by molar-refractivity contribution is 6.04. The van der Waals surface area contributed by atoms with Crippen LogP contribution in [0.4, 0.5) is 24.8 Å². The van der Waals surface area contributed by atoms with Gasteiger partial charge in [-0.05, 0) is 74.4 Å². The molecule has 1 aliphatic carbocycles. The van der Waals surface area contributed by atoms with Crippen molar-refractivity contribution in [2.45, 2.75) is 65.1 Å². The van der Waals surface area contributed by atoms with Crippen molar-refractivity contribution in [1.82, 2.24) is 9.55 Å². The molecule has 4 rings (SSSR count). The van der Waals surface area contributed by atoms with Gasteiger partial charge in [0.2, 0.25) is 11.9 Å². The van der Waals surface area contributed by atoms with Gasteiger partial charge < -0.3 is 15.0 Å². The van der Waals surface area contributed by atoms with E-state index >= 15 is 0 Å². The van der Waals surface area contributed by atoms with Gasteiger partial charge in [-0.25, -0.2) is 4.98 Å². The Hall–Kier alpha value is -3.40. The maximum Gasteiger partial charge on any atom is 0.416 e. The van der Waals surface area contributed by atoms with Crippen LogP contribution in [0.25, 0.3) is 11.0 Å². The summed E-state index contributed by atoms with van der Waals surface area (Å²) in [4.78, 5) is 30.2. The van der Waals surface area contributed by atoms with Crippen molar-refractivity contribution in [1.29, 1.82) is 0 Å². The van der Waals surface area contributed by atoms with Crippen LogP contribution in [0.1, 0.15) is 74.8 Å². The number of rotatable bonds is 6. The molecule has 0 unspecified atom stereocenters. The highest BCUT2D eigenvalue weighted by atomic mass is 19.4. The van der Waals surface area contributed by atoms with Crippen molar-refractivity contribution in [2.24, 2.45) is 11.3 Å². The molecule has 10 heteroatoms. The lowest BCUT2D eigenvalue weighted by Gasteiger charge is -2.30. The monoisotopic (exact) mass is 530 g/mol. The molecule has 2 aromatic carbocycles. The van der Waals surface area contributed by atoms with Crippen LogP contribution < -0.4 is 10.6 Å². The first-order valence-electron chi connectivity index (χ1n) is 12.8. The number of nitrogens with one attached hydrogen (secondary N) is 2. The zero-order chi connectivity index (χ0) is 27.7. The minimum Gasteiger partial charge on any atom is -0.396 e. The molecule has 0 spiro atoms. The van der Waals surface area contributed by atoms with Crippen LogP contribution in [0.3, 0.4) is 0 Å². The summed E-state index contributed by atoms with van der Waals surface area (Å²) < 4.78 is 41.5. The van der Waals surface area contributed by atoms with Crippen LogP contribution in [0, 0.1) is 11.3 Å². The SMILES string of the molecule is CC(C)(C)C(=O)Nc1ccc2c(c1)nc(NC(=O)c1cccc(C(F)(F)F)c1)n2C1CCC(CCO)CC1. The molecule has 1 heterocycles. The van der Waals surface area contributed by atoms with E-state index in [-0.39, 0.29) is 30.1 Å². The van der Waals surface area contributed by atoms with E-state index in [1.54, 1.807) is 12.1 Å². The van der Waals surface area contributed by atoms with Gasteiger partial charge in [0, 0.05) is 29.3 Å². The third-order valence-corrected chi connectivity index (χ3v) is 7.02. The average molecular weight is 531 g/mol. The number of hydrogen-bond acceptors (Lipinski definition) is 4. The summed E-state index contributed by atoms with van der Waals surface area (Å²) in [5.74, 6) is -0.180. The molecule has 0 bridgehead atoms. The van der Waals surface area contributed by atoms with E-state index in [0.29, 0.717) is 17.1 Å². The molecule has 1 saturated carbocycles. The summed E-state index contributed by atoms with van der Waals surface area (Å²) >= 11 is 0. The molecule has 1 aromatic heterocycles. The number of anilines is 2. The molecule has 1 fully saturated rings. The van der Waals surface area contributed by atoms with Crippen LogP contribution in [0.2, 0.25) is 0 Å². The van der Waals surface area contributed by atoms with E-state index in [1.165, 1.54) is 12.1 Å². The van der Waals surface area contributed by atoms with Crippen molar-refractivity contribution in [3.05, 3.63) is 53.6 Å². The van der Waals surface area contributed by atoms with E-state index in [4.69, 9.17) is 0 Å². The van der Waals surface area contributed by atoms with Gasteiger partial charge in [-0.1, -0.05) is 26.8 Å². The number of hydrogen-bond donors (Lipinski definition) is 3. The summed E-state index contributed by atoms with van der Waals surface area (Å²) in [6.45, 7) is 5.57. The van der Waals surface area contributed by atoms with Gasteiger partial charge in [-0.15, -0.1) is 0 Å². The molecule has 0 aliphatic heterocycles. The lowest BCUT2D eigenvalue weighted by atomic mass is 9.84. The molecule has 3 aromatic rings. The van der Waals surface area contributed by atoms with Gasteiger partial charge in [0.25, 0.3) is 5.91 Å². The van der Waals surface area contributed by atoms with E-state index in [2.05, 4.69) is 15.6 Å². The highest BCUT2D eigenvalue weighted by Gasteiger charge is 2.31. The Morgan fingerprint density at radius 3 is 2.37 bits per heavy atom. The molecule has 204 valence electrons. The van der Waals surface area contributed by atoms with Crippen molar-refractivity contribution in [2.75, 3.05) is 17.2 Å². The van der Waals surface area contributed by atoms with Crippen LogP contribution in [-0.2, 0) is 11.0 Å². The molecule has 38 heavy (non-hydrogen) atoms. The minimum absolute atomic E-state index is 0.0155. The number of aromatic nitrogens is 2. The number of aliphatic hydroxyl groups is 1. The molecule has 7 nitrogen and oxygen atoms in total. The lowest BCUT2D eigenvalue weighted by molar-refractivity contribution is -0.137. The number of aliphatic hydroxyl groups excluding tert-OH is 1. The van der Waals surface area contributed by atoms with Crippen LogP contribution in [-0.4, -0.2) is 33.1 Å². The highest BCUT2D eigenvalue weighted by Crippen LogP contribution is 2.38. The van der Waals surface area contributed by atoms with Crippen LogP contribution in [0.15, 0.2) is 42.5 Å².